The highest BCUT2D eigenvalue weighted by Crippen LogP contribution is 2.19. The molecule has 1 rings (SSSR count). The van der Waals surface area contributed by atoms with Gasteiger partial charge in [-0.3, -0.25) is 0 Å². The highest BCUT2D eigenvalue weighted by Gasteiger charge is 1.89. The van der Waals surface area contributed by atoms with Gasteiger partial charge in [-0.15, -0.1) is 0 Å². The first kappa shape index (κ1) is 10.6. The molecule has 0 aromatic heterocycles. The zero-order valence-corrected chi connectivity index (χ0v) is 7.80. The maximum Gasteiger partial charge on any atom is 0.0592 e. The topological polar surface area (TPSA) is 23.9 Å². The molecule has 0 bridgehead atoms. The predicted octanol–water partition coefficient (Wildman–Crippen LogP) is 3.66. The number of nitrogens with one attached hydrogen (secondary N) is 1. The zero-order chi connectivity index (χ0) is 8.69. The standard InChI is InChI=1S/C6H4Cl2.CHNS/c7-5-3-1-2-4-6(5)8;2-1-3/h1-4H;2H. The molecule has 58 valence electrons. The molecule has 1 aromatic rings. The summed E-state index contributed by atoms with van der Waals surface area (Å²) >= 11 is 15.0. The van der Waals surface area contributed by atoms with Crippen LogP contribution in [0.25, 0.3) is 0 Å². The van der Waals surface area contributed by atoms with Crippen molar-refractivity contribution < 1.29 is 0 Å². The molecule has 4 heteroatoms. The third-order valence-electron chi connectivity index (χ3n) is 0.824. The lowest BCUT2D eigenvalue weighted by molar-refractivity contribution is 1.61. The molecule has 0 aliphatic carbocycles. The molecule has 0 radical (unpaired) electrons. The van der Waals surface area contributed by atoms with Crippen LogP contribution >= 0.6 is 35.4 Å². The molecule has 0 fully saturated rings. The van der Waals surface area contributed by atoms with Crippen molar-refractivity contribution in [1.29, 1.82) is 5.41 Å². The molecule has 0 heterocycles. The van der Waals surface area contributed by atoms with Gasteiger partial charge in [0, 0.05) is 0 Å². The first-order valence-electron chi connectivity index (χ1n) is 2.66. The van der Waals surface area contributed by atoms with Crippen molar-refractivity contribution in [2.45, 2.75) is 0 Å². The highest BCUT2D eigenvalue weighted by atomic mass is 35.5. The Hall–Kier alpha value is -0.400. The van der Waals surface area contributed by atoms with Gasteiger partial charge in [-0.2, -0.15) is 0 Å². The third kappa shape index (κ3) is 4.93. The SMILES string of the molecule is Clc1ccccc1Cl.N=C=S. The molecule has 0 unspecified atom stereocenters. The molecular formula is C7H5Cl2NS. The maximum atomic E-state index is 5.77. The number of halogens is 2. The van der Waals surface area contributed by atoms with Crippen LogP contribution in [-0.4, -0.2) is 5.16 Å². The molecule has 0 amide bonds. The van der Waals surface area contributed by atoms with Gasteiger partial charge < -0.3 is 0 Å². The van der Waals surface area contributed by atoms with Crippen molar-refractivity contribution in [3.63, 3.8) is 0 Å². The van der Waals surface area contributed by atoms with Crippen molar-refractivity contribution >= 4 is 40.6 Å². The van der Waals surface area contributed by atoms with Gasteiger partial charge in [-0.1, -0.05) is 35.3 Å². The van der Waals surface area contributed by atoms with Crippen LogP contribution in [0.4, 0.5) is 0 Å². The number of benzene rings is 1. The Bertz CT molecular complexity index is 235. The van der Waals surface area contributed by atoms with E-state index in [9.17, 15) is 0 Å². The van der Waals surface area contributed by atoms with Crippen molar-refractivity contribution in [3.05, 3.63) is 34.3 Å². The summed E-state index contributed by atoms with van der Waals surface area (Å²) in [6.07, 6.45) is 0. The predicted molar refractivity (Wildman–Crippen MR) is 51.8 cm³/mol. The van der Waals surface area contributed by atoms with E-state index in [1.807, 2.05) is 12.1 Å². The van der Waals surface area contributed by atoms with Crippen LogP contribution < -0.4 is 0 Å². The molecule has 11 heavy (non-hydrogen) atoms. The van der Waals surface area contributed by atoms with Crippen LogP contribution in [0, 0.1) is 5.41 Å². The summed E-state index contributed by atoms with van der Waals surface area (Å²) in [7, 11) is 0. The number of hydrogen-bond donors (Lipinski definition) is 1. The summed E-state index contributed by atoms with van der Waals surface area (Å²) < 4.78 is 0. The Morgan fingerprint density at radius 2 is 1.45 bits per heavy atom. The van der Waals surface area contributed by atoms with Crippen molar-refractivity contribution in [2.24, 2.45) is 0 Å². The van der Waals surface area contributed by atoms with Crippen LogP contribution in [0.2, 0.25) is 10.0 Å². The molecule has 0 spiro atoms. The van der Waals surface area contributed by atoms with Crippen molar-refractivity contribution in [2.75, 3.05) is 0 Å². The average Bonchev–Trinajstić information content (AvgIpc) is 1.97. The van der Waals surface area contributed by atoms with Gasteiger partial charge in [0.15, 0.2) is 0 Å². The quantitative estimate of drug-likeness (QED) is 0.508. The van der Waals surface area contributed by atoms with E-state index < -0.39 is 0 Å². The van der Waals surface area contributed by atoms with Gasteiger partial charge in [-0.05, 0) is 24.4 Å². The van der Waals surface area contributed by atoms with E-state index in [4.69, 9.17) is 28.6 Å². The minimum absolute atomic E-state index is 0.606. The molecule has 0 aliphatic heterocycles. The fraction of sp³-hybridized carbons (Fsp3) is 0. The maximum absolute atomic E-state index is 5.77. The minimum atomic E-state index is 0.606. The Morgan fingerprint density at radius 1 is 1.18 bits per heavy atom. The van der Waals surface area contributed by atoms with Crippen molar-refractivity contribution in [1.82, 2.24) is 0 Å². The van der Waals surface area contributed by atoms with Gasteiger partial charge in [-0.25, -0.2) is 5.41 Å². The van der Waals surface area contributed by atoms with Gasteiger partial charge in [0.1, 0.15) is 0 Å². The van der Waals surface area contributed by atoms with Gasteiger partial charge in [0.05, 0.1) is 15.2 Å². The second-order valence-electron chi connectivity index (χ2n) is 1.52. The smallest absolute Gasteiger partial charge is 0.0592 e. The molecule has 0 atom stereocenters. The minimum Gasteiger partial charge on any atom is -0.248 e. The van der Waals surface area contributed by atoms with Gasteiger partial charge in [0.2, 0.25) is 0 Å². The zero-order valence-electron chi connectivity index (χ0n) is 5.47. The first-order valence-corrected chi connectivity index (χ1v) is 3.82. The summed E-state index contributed by atoms with van der Waals surface area (Å²) in [6.45, 7) is 0. The summed E-state index contributed by atoms with van der Waals surface area (Å²) in [5.74, 6) is 0. The fourth-order valence-electron chi connectivity index (χ4n) is 0.439. The lowest BCUT2D eigenvalue weighted by Gasteiger charge is -1.88. The van der Waals surface area contributed by atoms with Crippen LogP contribution in [0.1, 0.15) is 0 Å². The molecule has 1 nitrogen and oxygen atoms in total. The lowest BCUT2D eigenvalue weighted by Crippen LogP contribution is -1.62. The largest absolute Gasteiger partial charge is 0.248 e. The Labute approximate surface area is 80.5 Å². The third-order valence-corrected chi connectivity index (χ3v) is 1.58. The number of isothiocyanates is 1. The second-order valence-corrected chi connectivity index (χ2v) is 2.53. The molecule has 1 N–H and O–H groups in total. The van der Waals surface area contributed by atoms with Crippen LogP contribution in [0.3, 0.4) is 0 Å². The molecule has 1 aromatic carbocycles. The monoisotopic (exact) mass is 205 g/mol. The Balaban J connectivity index is 0.000000292. The van der Waals surface area contributed by atoms with E-state index in [-0.39, 0.29) is 0 Å². The first-order chi connectivity index (χ1) is 5.22. The number of thiocarbonyl (C=S) groups is 1. The highest BCUT2D eigenvalue weighted by molar-refractivity contribution is 7.78. The van der Waals surface area contributed by atoms with Crippen LogP contribution in [0.5, 0.6) is 0 Å². The van der Waals surface area contributed by atoms with E-state index in [1.165, 1.54) is 0 Å². The van der Waals surface area contributed by atoms with Crippen molar-refractivity contribution in [3.8, 4) is 0 Å². The fourth-order valence-corrected chi connectivity index (χ4v) is 0.711. The summed E-state index contributed by atoms with van der Waals surface area (Å²) in [5.41, 5.74) is 0. The second kappa shape index (κ2) is 6.32. The van der Waals surface area contributed by atoms with Crippen LogP contribution in [0.15, 0.2) is 24.3 Å². The van der Waals surface area contributed by atoms with E-state index >= 15 is 0 Å². The Morgan fingerprint density at radius 3 is 1.64 bits per heavy atom. The lowest BCUT2D eigenvalue weighted by atomic mass is 10.4. The van der Waals surface area contributed by atoms with Gasteiger partial charge in [0.25, 0.3) is 0 Å². The van der Waals surface area contributed by atoms with Crippen LogP contribution in [-0.2, 0) is 0 Å². The molecular weight excluding hydrogens is 201 g/mol. The Kier molecular flexibility index (Phi) is 6.09. The van der Waals surface area contributed by atoms with Gasteiger partial charge >= 0.3 is 0 Å². The number of hydrogen-bond acceptors (Lipinski definition) is 2. The number of rotatable bonds is 0. The molecule has 0 saturated carbocycles. The normalized spacial score (nSPS) is 7.45. The molecule has 0 aliphatic rings. The summed E-state index contributed by atoms with van der Waals surface area (Å²) in [5, 5.41) is 8.57. The summed E-state index contributed by atoms with van der Waals surface area (Å²) in [6, 6.07) is 7.19. The average molecular weight is 206 g/mol. The molecule has 0 saturated heterocycles. The van der Waals surface area contributed by atoms with E-state index in [2.05, 4.69) is 12.2 Å². The van der Waals surface area contributed by atoms with E-state index in [1.54, 1.807) is 17.3 Å². The van der Waals surface area contributed by atoms with E-state index in [0.717, 1.165) is 0 Å². The summed E-state index contributed by atoms with van der Waals surface area (Å²) in [4.78, 5) is 0. The van der Waals surface area contributed by atoms with E-state index in [0.29, 0.717) is 10.0 Å².